The van der Waals surface area contributed by atoms with Crippen molar-refractivity contribution >= 4 is 21.7 Å². The van der Waals surface area contributed by atoms with Gasteiger partial charge in [0.25, 0.3) is 0 Å². The molecule has 6 nitrogen and oxygen atoms in total. The fourth-order valence-corrected chi connectivity index (χ4v) is 4.70. The lowest BCUT2D eigenvalue weighted by molar-refractivity contribution is -0.127. The van der Waals surface area contributed by atoms with Crippen molar-refractivity contribution in [2.24, 2.45) is 5.73 Å². The summed E-state index contributed by atoms with van der Waals surface area (Å²) in [4.78, 5) is 25.3. The number of sulfone groups is 1. The minimum atomic E-state index is -3.61. The first kappa shape index (κ1) is 22.2. The van der Waals surface area contributed by atoms with Crippen LogP contribution in [0.15, 0.2) is 95.9 Å². The molecule has 0 aliphatic carbocycles. The van der Waals surface area contributed by atoms with E-state index in [1.807, 2.05) is 60.7 Å². The van der Waals surface area contributed by atoms with Gasteiger partial charge in [-0.15, -0.1) is 0 Å². The Balaban J connectivity index is 1.79. The van der Waals surface area contributed by atoms with Gasteiger partial charge in [-0.05, 0) is 29.7 Å². The molecule has 3 N–H and O–H groups in total. The Bertz CT molecular complexity index is 1080. The average Bonchev–Trinajstić information content (AvgIpc) is 2.78. The second-order valence-corrected chi connectivity index (χ2v) is 9.25. The first-order chi connectivity index (χ1) is 14.9. The summed E-state index contributed by atoms with van der Waals surface area (Å²) in [6.45, 7) is 0. The Morgan fingerprint density at radius 1 is 0.774 bits per heavy atom. The van der Waals surface area contributed by atoms with Crippen LogP contribution in [-0.2, 0) is 19.4 Å². The summed E-state index contributed by atoms with van der Waals surface area (Å²) in [6.07, 6.45) is -0.116. The largest absolute Gasteiger partial charge is 0.368 e. The molecule has 0 aliphatic heterocycles. The van der Waals surface area contributed by atoms with Gasteiger partial charge in [-0.25, -0.2) is 8.42 Å². The Kier molecular flexibility index (Phi) is 7.20. The van der Waals surface area contributed by atoms with E-state index in [1.165, 1.54) is 12.1 Å². The molecule has 0 aromatic heterocycles. The molecule has 0 heterocycles. The summed E-state index contributed by atoms with van der Waals surface area (Å²) < 4.78 is 25.1. The minimum absolute atomic E-state index is 0.116. The van der Waals surface area contributed by atoms with Crippen LogP contribution in [0.5, 0.6) is 0 Å². The SMILES string of the molecule is NC(=O)[C@H](CCS(=O)(=O)c1ccccc1)NC(=O)C(c1ccccc1)c1ccccc1. The van der Waals surface area contributed by atoms with E-state index < -0.39 is 33.6 Å². The zero-order chi connectivity index (χ0) is 22.3. The van der Waals surface area contributed by atoms with E-state index in [2.05, 4.69) is 5.32 Å². The Morgan fingerprint density at radius 2 is 1.23 bits per heavy atom. The number of benzene rings is 3. The maximum atomic E-state index is 13.2. The van der Waals surface area contributed by atoms with E-state index in [0.717, 1.165) is 11.1 Å². The van der Waals surface area contributed by atoms with Gasteiger partial charge >= 0.3 is 0 Å². The van der Waals surface area contributed by atoms with Crippen LogP contribution in [0, 0.1) is 0 Å². The average molecular weight is 437 g/mol. The summed E-state index contributed by atoms with van der Waals surface area (Å²) in [5.41, 5.74) is 6.99. The zero-order valence-corrected chi connectivity index (χ0v) is 17.7. The number of primary amides is 1. The number of nitrogens with two attached hydrogens (primary N) is 1. The molecule has 3 aromatic carbocycles. The van der Waals surface area contributed by atoms with Crippen molar-refractivity contribution in [3.05, 3.63) is 102 Å². The van der Waals surface area contributed by atoms with Crippen LogP contribution in [0.1, 0.15) is 23.5 Å². The predicted octanol–water partition coefficient (Wildman–Crippen LogP) is 2.65. The third-order valence-corrected chi connectivity index (χ3v) is 6.73. The fourth-order valence-electron chi connectivity index (χ4n) is 3.35. The second kappa shape index (κ2) is 10.0. The predicted molar refractivity (Wildman–Crippen MR) is 119 cm³/mol. The van der Waals surface area contributed by atoms with Crippen molar-refractivity contribution in [3.8, 4) is 0 Å². The highest BCUT2D eigenvalue weighted by atomic mass is 32.2. The number of hydrogen-bond acceptors (Lipinski definition) is 4. The molecular weight excluding hydrogens is 412 g/mol. The number of amides is 2. The van der Waals surface area contributed by atoms with E-state index in [-0.39, 0.29) is 17.1 Å². The number of carbonyl (C=O) groups excluding carboxylic acids is 2. The highest BCUT2D eigenvalue weighted by Crippen LogP contribution is 2.25. The van der Waals surface area contributed by atoms with Crippen LogP contribution in [0.4, 0.5) is 0 Å². The van der Waals surface area contributed by atoms with Gasteiger partial charge in [-0.2, -0.15) is 0 Å². The Morgan fingerprint density at radius 3 is 1.68 bits per heavy atom. The Hall–Kier alpha value is -3.45. The van der Waals surface area contributed by atoms with Gasteiger partial charge < -0.3 is 11.1 Å². The molecule has 0 fully saturated rings. The summed E-state index contributed by atoms with van der Waals surface area (Å²) in [5.74, 6) is -2.17. The monoisotopic (exact) mass is 436 g/mol. The number of nitrogens with one attached hydrogen (secondary N) is 1. The molecule has 3 rings (SSSR count). The van der Waals surface area contributed by atoms with E-state index in [9.17, 15) is 18.0 Å². The van der Waals surface area contributed by atoms with Crippen LogP contribution in [0.25, 0.3) is 0 Å². The van der Waals surface area contributed by atoms with E-state index in [0.29, 0.717) is 0 Å². The van der Waals surface area contributed by atoms with Crippen LogP contribution in [-0.4, -0.2) is 32.0 Å². The minimum Gasteiger partial charge on any atom is -0.368 e. The van der Waals surface area contributed by atoms with Crippen molar-refractivity contribution in [1.82, 2.24) is 5.32 Å². The number of carbonyl (C=O) groups is 2. The quantitative estimate of drug-likeness (QED) is 0.538. The zero-order valence-electron chi connectivity index (χ0n) is 16.8. The topological polar surface area (TPSA) is 106 Å². The lowest BCUT2D eigenvalue weighted by atomic mass is 9.90. The first-order valence-electron chi connectivity index (χ1n) is 9.86. The maximum Gasteiger partial charge on any atom is 0.240 e. The molecule has 0 saturated carbocycles. The van der Waals surface area contributed by atoms with Gasteiger partial charge in [0.15, 0.2) is 9.84 Å². The van der Waals surface area contributed by atoms with Gasteiger partial charge in [0.2, 0.25) is 11.8 Å². The molecule has 1 atom stereocenters. The highest BCUT2D eigenvalue weighted by molar-refractivity contribution is 7.91. The molecule has 0 saturated heterocycles. The maximum absolute atomic E-state index is 13.2. The number of hydrogen-bond donors (Lipinski definition) is 2. The summed E-state index contributed by atoms with van der Waals surface area (Å²) in [6, 6.07) is 25.2. The second-order valence-electron chi connectivity index (χ2n) is 7.14. The molecule has 31 heavy (non-hydrogen) atoms. The fraction of sp³-hybridized carbons (Fsp3) is 0.167. The van der Waals surface area contributed by atoms with E-state index in [1.54, 1.807) is 18.2 Å². The summed E-state index contributed by atoms with van der Waals surface area (Å²) >= 11 is 0. The van der Waals surface area contributed by atoms with Gasteiger partial charge in [0, 0.05) is 0 Å². The van der Waals surface area contributed by atoms with Crippen LogP contribution in [0.2, 0.25) is 0 Å². The standard InChI is InChI=1S/C24H24N2O4S/c25-23(27)21(16-17-31(29,30)20-14-8-3-9-15-20)26-24(28)22(18-10-4-1-5-11-18)19-12-6-2-7-13-19/h1-15,21-22H,16-17H2,(H2,25,27)(H,26,28)/t21-/m0/s1. The van der Waals surface area contributed by atoms with Crippen molar-refractivity contribution in [1.29, 1.82) is 0 Å². The van der Waals surface area contributed by atoms with Crippen LogP contribution in [0.3, 0.4) is 0 Å². The van der Waals surface area contributed by atoms with Crippen molar-refractivity contribution in [2.45, 2.75) is 23.3 Å². The third kappa shape index (κ3) is 5.79. The molecule has 160 valence electrons. The molecule has 0 radical (unpaired) electrons. The number of rotatable bonds is 9. The van der Waals surface area contributed by atoms with Gasteiger partial charge in [-0.3, -0.25) is 9.59 Å². The third-order valence-electron chi connectivity index (χ3n) is 4.97. The van der Waals surface area contributed by atoms with E-state index in [4.69, 9.17) is 5.73 Å². The van der Waals surface area contributed by atoms with Gasteiger partial charge in [-0.1, -0.05) is 78.9 Å². The smallest absolute Gasteiger partial charge is 0.240 e. The molecule has 0 unspecified atom stereocenters. The van der Waals surface area contributed by atoms with Crippen molar-refractivity contribution < 1.29 is 18.0 Å². The van der Waals surface area contributed by atoms with Crippen molar-refractivity contribution in [2.75, 3.05) is 5.75 Å². The molecule has 2 amide bonds. The van der Waals surface area contributed by atoms with Crippen molar-refractivity contribution in [3.63, 3.8) is 0 Å². The molecule has 0 spiro atoms. The lowest BCUT2D eigenvalue weighted by Gasteiger charge is -2.22. The van der Waals surface area contributed by atoms with Gasteiger partial charge in [0.1, 0.15) is 6.04 Å². The normalized spacial score (nSPS) is 12.3. The van der Waals surface area contributed by atoms with E-state index >= 15 is 0 Å². The lowest BCUT2D eigenvalue weighted by Crippen LogP contribution is -2.47. The molecular formula is C24H24N2O4S. The van der Waals surface area contributed by atoms with Crippen LogP contribution >= 0.6 is 0 Å². The Labute approximate surface area is 182 Å². The highest BCUT2D eigenvalue weighted by Gasteiger charge is 2.28. The molecule has 0 bridgehead atoms. The summed E-state index contributed by atoms with van der Waals surface area (Å²) in [7, 11) is -3.61. The van der Waals surface area contributed by atoms with Gasteiger partial charge in [0.05, 0.1) is 16.6 Å². The molecule has 0 aliphatic rings. The molecule has 3 aromatic rings. The van der Waals surface area contributed by atoms with Crippen LogP contribution < -0.4 is 11.1 Å². The first-order valence-corrected chi connectivity index (χ1v) is 11.5. The molecule has 7 heteroatoms. The summed E-state index contributed by atoms with van der Waals surface area (Å²) in [5, 5.41) is 2.66.